The molecule has 0 saturated carbocycles. The van der Waals surface area contributed by atoms with Crippen LogP contribution in [-0.2, 0) is 26.3 Å². The van der Waals surface area contributed by atoms with E-state index in [-0.39, 0.29) is 36.3 Å². The minimum absolute atomic E-state index is 0.0944. The van der Waals surface area contributed by atoms with Gasteiger partial charge in [-0.3, -0.25) is 9.59 Å². The maximum atomic E-state index is 13.7. The molecule has 0 aromatic heterocycles. The highest BCUT2D eigenvalue weighted by Gasteiger charge is 2.58. The fourth-order valence-electron chi connectivity index (χ4n) is 5.86. The van der Waals surface area contributed by atoms with Gasteiger partial charge in [0.05, 0.1) is 6.04 Å². The molecule has 2 fully saturated rings. The first kappa shape index (κ1) is 24.7. The number of imide groups is 1. The van der Waals surface area contributed by atoms with Crippen LogP contribution in [0.15, 0.2) is 36.4 Å². The Morgan fingerprint density at radius 3 is 2.68 bits per heavy atom. The molecule has 2 aliphatic heterocycles. The molecule has 3 atom stereocenters. The van der Waals surface area contributed by atoms with Crippen molar-refractivity contribution in [3.63, 3.8) is 0 Å². The molecule has 9 nitrogen and oxygen atoms in total. The molecule has 2 heterocycles. The summed E-state index contributed by atoms with van der Waals surface area (Å²) in [6, 6.07) is 8.89. The zero-order valence-electron chi connectivity index (χ0n) is 21.0. The highest BCUT2D eigenvalue weighted by atomic mass is 19.1. The summed E-state index contributed by atoms with van der Waals surface area (Å²) in [5, 5.41) is 5.17. The number of urea groups is 1. The second-order valence-electron chi connectivity index (χ2n) is 9.91. The number of carbonyl (C=O) groups is 4. The minimum Gasteiger partial charge on any atom is -0.427 e. The van der Waals surface area contributed by atoms with Gasteiger partial charge in [-0.15, -0.1) is 0 Å². The number of nitrogens with zero attached hydrogens (tertiary/aromatic N) is 2. The lowest BCUT2D eigenvalue weighted by Gasteiger charge is -2.31. The Bertz CT molecular complexity index is 1310. The minimum atomic E-state index is -1.47. The molecule has 2 N–H and O–H groups in total. The van der Waals surface area contributed by atoms with Crippen LogP contribution in [0.5, 0.6) is 0 Å². The summed E-state index contributed by atoms with van der Waals surface area (Å²) in [6.07, 6.45) is 1.37. The average molecular weight is 509 g/mol. The zero-order chi connectivity index (χ0) is 26.5. The molecule has 37 heavy (non-hydrogen) atoms. The smallest absolute Gasteiger partial charge is 0.418 e. The van der Waals surface area contributed by atoms with Crippen molar-refractivity contribution in [1.82, 2.24) is 15.1 Å². The third-order valence-electron chi connectivity index (χ3n) is 7.68. The van der Waals surface area contributed by atoms with E-state index in [9.17, 15) is 23.6 Å². The predicted molar refractivity (Wildman–Crippen MR) is 132 cm³/mol. The zero-order valence-corrected chi connectivity index (χ0v) is 21.0. The molecule has 2 aromatic rings. The van der Waals surface area contributed by atoms with Gasteiger partial charge in [-0.1, -0.05) is 12.1 Å². The van der Waals surface area contributed by atoms with Crippen LogP contribution in [-0.4, -0.2) is 53.4 Å². The van der Waals surface area contributed by atoms with Crippen LogP contribution in [0.2, 0.25) is 0 Å². The second kappa shape index (κ2) is 9.17. The molecule has 3 aliphatic rings. The lowest BCUT2D eigenvalue weighted by molar-refractivity contribution is -0.143. The van der Waals surface area contributed by atoms with Crippen LogP contribution in [0.1, 0.15) is 54.5 Å². The summed E-state index contributed by atoms with van der Waals surface area (Å²) in [7, 11) is 1.51. The van der Waals surface area contributed by atoms with Crippen LogP contribution in [0.3, 0.4) is 0 Å². The first-order chi connectivity index (χ1) is 17.6. The van der Waals surface area contributed by atoms with Gasteiger partial charge in [-0.05, 0) is 74.1 Å². The largest absolute Gasteiger partial charge is 0.427 e. The number of amides is 5. The quantitative estimate of drug-likeness (QED) is 0.654. The molecule has 5 amide bonds. The lowest BCUT2D eigenvalue weighted by atomic mass is 9.94. The summed E-state index contributed by atoms with van der Waals surface area (Å²) < 4.78 is 19.3. The molecule has 2 saturated heterocycles. The maximum absolute atomic E-state index is 13.7. The number of likely N-dealkylation sites (tertiary alicyclic amines) is 1. The van der Waals surface area contributed by atoms with Gasteiger partial charge in [0.2, 0.25) is 11.5 Å². The Labute approximate surface area is 213 Å². The monoisotopic (exact) mass is 508 g/mol. The number of hydrogen-bond donors (Lipinski definition) is 2. The van der Waals surface area contributed by atoms with Crippen molar-refractivity contribution in [3.05, 3.63) is 64.5 Å². The molecule has 2 aromatic carbocycles. The van der Waals surface area contributed by atoms with Crippen LogP contribution in [0, 0.1) is 12.7 Å². The maximum Gasteiger partial charge on any atom is 0.418 e. The third-order valence-corrected chi connectivity index (χ3v) is 7.68. The fourth-order valence-corrected chi connectivity index (χ4v) is 5.86. The van der Waals surface area contributed by atoms with Crippen molar-refractivity contribution in [3.8, 4) is 0 Å². The van der Waals surface area contributed by atoms with Gasteiger partial charge in [0.1, 0.15) is 12.4 Å². The molecule has 1 aliphatic carbocycles. The number of benzene rings is 2. The summed E-state index contributed by atoms with van der Waals surface area (Å²) in [6.45, 7) is 3.31. The van der Waals surface area contributed by atoms with Crippen LogP contribution < -0.4 is 10.6 Å². The SMILES string of the molecule is CNC(=O)Nc1ccc2c(c1)CCC21OC(=O)N(CC(=O)N2C(C)CCC2c2ccc(F)cc2C)C1=O. The van der Waals surface area contributed by atoms with Crippen molar-refractivity contribution in [1.29, 1.82) is 0 Å². The van der Waals surface area contributed by atoms with Crippen molar-refractivity contribution < 1.29 is 28.3 Å². The first-order valence-corrected chi connectivity index (χ1v) is 12.4. The molecule has 194 valence electrons. The number of hydrogen-bond acceptors (Lipinski definition) is 5. The topological polar surface area (TPSA) is 108 Å². The highest BCUT2D eigenvalue weighted by molar-refractivity contribution is 6.06. The molecule has 0 radical (unpaired) electrons. The van der Waals surface area contributed by atoms with Gasteiger partial charge in [-0.2, -0.15) is 0 Å². The van der Waals surface area contributed by atoms with Crippen LogP contribution >= 0.6 is 0 Å². The van der Waals surface area contributed by atoms with Crippen LogP contribution in [0.25, 0.3) is 0 Å². The van der Waals surface area contributed by atoms with Gasteiger partial charge in [0.25, 0.3) is 5.91 Å². The Kier molecular flexibility index (Phi) is 6.13. The van der Waals surface area contributed by atoms with E-state index in [2.05, 4.69) is 10.6 Å². The fraction of sp³-hybridized carbons (Fsp3) is 0.407. The van der Waals surface area contributed by atoms with E-state index in [1.165, 1.54) is 19.2 Å². The summed E-state index contributed by atoms with van der Waals surface area (Å²) in [5.74, 6) is -1.25. The van der Waals surface area contributed by atoms with E-state index in [1.54, 1.807) is 29.2 Å². The molecule has 5 rings (SSSR count). The predicted octanol–water partition coefficient (Wildman–Crippen LogP) is 3.76. The Balaban J connectivity index is 1.36. The number of nitrogens with one attached hydrogen (secondary N) is 2. The Hall–Kier alpha value is -3.95. The third kappa shape index (κ3) is 4.10. The first-order valence-electron chi connectivity index (χ1n) is 12.4. The number of anilines is 1. The summed E-state index contributed by atoms with van der Waals surface area (Å²) >= 11 is 0. The number of fused-ring (bicyclic) bond motifs is 2. The molecular weight excluding hydrogens is 479 g/mol. The van der Waals surface area contributed by atoms with E-state index >= 15 is 0 Å². The normalized spacial score (nSPS) is 24.4. The van der Waals surface area contributed by atoms with E-state index in [0.717, 1.165) is 28.0 Å². The average Bonchev–Trinajstić information content (AvgIpc) is 3.49. The Morgan fingerprint density at radius 1 is 1.16 bits per heavy atom. The van der Waals surface area contributed by atoms with Gasteiger partial charge in [0, 0.05) is 30.8 Å². The van der Waals surface area contributed by atoms with Crippen molar-refractivity contribution in [2.75, 3.05) is 18.9 Å². The highest BCUT2D eigenvalue weighted by Crippen LogP contribution is 2.46. The number of ether oxygens (including phenoxy) is 1. The molecule has 3 unspecified atom stereocenters. The summed E-state index contributed by atoms with van der Waals surface area (Å²) in [5.41, 5.74) is 2.06. The number of halogens is 1. The van der Waals surface area contributed by atoms with E-state index in [4.69, 9.17) is 4.74 Å². The lowest BCUT2D eigenvalue weighted by Crippen LogP contribution is -2.46. The number of carbonyl (C=O) groups excluding carboxylic acids is 4. The molecular formula is C27H29FN4O5. The number of aryl methyl sites for hydroxylation is 2. The van der Waals surface area contributed by atoms with Gasteiger partial charge >= 0.3 is 12.1 Å². The van der Waals surface area contributed by atoms with Crippen molar-refractivity contribution in [2.45, 2.75) is 57.2 Å². The van der Waals surface area contributed by atoms with Crippen LogP contribution in [0.4, 0.5) is 19.7 Å². The van der Waals surface area contributed by atoms with Gasteiger partial charge in [0.15, 0.2) is 0 Å². The molecule has 0 bridgehead atoms. The van der Waals surface area contributed by atoms with Crippen molar-refractivity contribution in [2.24, 2.45) is 0 Å². The Morgan fingerprint density at radius 2 is 1.95 bits per heavy atom. The van der Waals surface area contributed by atoms with E-state index in [1.807, 2.05) is 13.8 Å². The standard InChI is InChI=1S/C27H29FN4O5/c1-15-12-18(28)5-7-20(15)22-9-4-16(2)32(22)23(33)14-31-24(34)27(37-26(31)36)11-10-17-13-19(6-8-21(17)27)30-25(35)29-3/h5-8,12-13,16,22H,4,9-11,14H2,1-3H3,(H2,29,30,35). The van der Waals surface area contributed by atoms with Gasteiger partial charge < -0.3 is 20.3 Å². The molecule has 10 heteroatoms. The van der Waals surface area contributed by atoms with Crippen molar-refractivity contribution >= 4 is 29.6 Å². The summed E-state index contributed by atoms with van der Waals surface area (Å²) in [4.78, 5) is 54.2. The van der Waals surface area contributed by atoms with E-state index < -0.39 is 24.1 Å². The second-order valence-corrected chi connectivity index (χ2v) is 9.91. The number of rotatable bonds is 4. The molecule has 1 spiro atoms. The van der Waals surface area contributed by atoms with Gasteiger partial charge in [-0.25, -0.2) is 18.9 Å². The van der Waals surface area contributed by atoms with E-state index in [0.29, 0.717) is 24.1 Å².